The van der Waals surface area contributed by atoms with E-state index in [9.17, 15) is 21.6 Å². The average molecular weight is 693 g/mol. The Bertz CT molecular complexity index is 1810. The van der Waals surface area contributed by atoms with Gasteiger partial charge in [-0.15, -0.1) is 11.3 Å². The second-order valence-corrected chi connectivity index (χ2v) is 14.0. The van der Waals surface area contributed by atoms with Crippen LogP contribution in [0.1, 0.15) is 48.2 Å². The van der Waals surface area contributed by atoms with E-state index in [1.807, 2.05) is 4.90 Å². The van der Waals surface area contributed by atoms with Crippen LogP contribution in [0.3, 0.4) is 0 Å². The molecule has 4 aromatic rings. The smallest absolute Gasteiger partial charge is 0.391 e. The molecule has 250 valence electrons. The number of alkyl halides is 3. The van der Waals surface area contributed by atoms with Gasteiger partial charge < -0.3 is 14.2 Å². The van der Waals surface area contributed by atoms with Crippen molar-refractivity contribution in [3.05, 3.63) is 88.9 Å². The molecule has 1 saturated heterocycles. The van der Waals surface area contributed by atoms with Gasteiger partial charge in [0.2, 0.25) is 0 Å². The van der Waals surface area contributed by atoms with Crippen molar-refractivity contribution in [2.24, 2.45) is 5.92 Å². The molecule has 9 nitrogen and oxygen atoms in total. The number of benzene rings is 2. The molecule has 0 aliphatic carbocycles. The van der Waals surface area contributed by atoms with E-state index in [0.29, 0.717) is 34.7 Å². The van der Waals surface area contributed by atoms with Crippen LogP contribution in [0.4, 0.5) is 22.7 Å². The van der Waals surface area contributed by atoms with E-state index in [0.717, 1.165) is 27.8 Å². The quantitative estimate of drug-likeness (QED) is 0.175. The van der Waals surface area contributed by atoms with Crippen LogP contribution >= 0.6 is 11.3 Å². The molecule has 0 amide bonds. The second kappa shape index (κ2) is 13.3. The van der Waals surface area contributed by atoms with Crippen LogP contribution < -0.4 is 18.5 Å². The van der Waals surface area contributed by atoms with Gasteiger partial charge in [-0.2, -0.15) is 13.2 Å². The lowest BCUT2D eigenvalue weighted by molar-refractivity contribution is -0.192. The van der Waals surface area contributed by atoms with Crippen LogP contribution in [-0.4, -0.2) is 56.8 Å². The minimum atomic E-state index is -4.56. The van der Waals surface area contributed by atoms with Crippen LogP contribution in [0.2, 0.25) is 0 Å². The Labute approximate surface area is 273 Å². The molecule has 2 aliphatic rings. The number of fused-ring (bicyclic) bond motifs is 1. The summed E-state index contributed by atoms with van der Waals surface area (Å²) in [4.78, 5) is 9.86. The third-order valence-electron chi connectivity index (χ3n) is 8.62. The van der Waals surface area contributed by atoms with E-state index < -0.39 is 44.9 Å². The summed E-state index contributed by atoms with van der Waals surface area (Å²) >= 11 is 1.07. The van der Waals surface area contributed by atoms with Crippen molar-refractivity contribution < 1.29 is 40.2 Å². The Morgan fingerprint density at radius 3 is 2.55 bits per heavy atom. The van der Waals surface area contributed by atoms with Crippen LogP contribution in [-0.2, 0) is 16.6 Å². The molecule has 1 fully saturated rings. The number of ether oxygens (including phenoxy) is 3. The minimum Gasteiger partial charge on any atom is -0.497 e. The molecule has 0 bridgehead atoms. The number of anilines is 1. The summed E-state index contributed by atoms with van der Waals surface area (Å²) in [5, 5.41) is 1.73. The molecule has 0 radical (unpaired) electrons. The zero-order valence-corrected chi connectivity index (χ0v) is 27.1. The van der Waals surface area contributed by atoms with Crippen LogP contribution in [0.25, 0.3) is 0 Å². The lowest BCUT2D eigenvalue weighted by Crippen LogP contribution is -2.44. The molecular formula is C32H32F4N4O5S2. The number of piperidine rings is 1. The van der Waals surface area contributed by atoms with Gasteiger partial charge in [0.15, 0.2) is 5.13 Å². The highest BCUT2D eigenvalue weighted by Crippen LogP contribution is 2.48. The van der Waals surface area contributed by atoms with E-state index in [2.05, 4.69) is 9.97 Å². The van der Waals surface area contributed by atoms with Gasteiger partial charge in [0.25, 0.3) is 10.0 Å². The number of methoxy groups -OCH3 is 2. The first kappa shape index (κ1) is 33.0. The molecule has 0 spiro atoms. The Morgan fingerprint density at radius 2 is 1.87 bits per heavy atom. The largest absolute Gasteiger partial charge is 0.497 e. The van der Waals surface area contributed by atoms with Crippen molar-refractivity contribution in [2.75, 3.05) is 31.7 Å². The van der Waals surface area contributed by atoms with Crippen molar-refractivity contribution in [2.45, 2.75) is 49.0 Å². The fourth-order valence-electron chi connectivity index (χ4n) is 6.28. The zero-order chi connectivity index (χ0) is 33.3. The number of hydrogen-bond acceptors (Lipinski definition) is 9. The molecule has 6 rings (SSSR count). The first-order valence-electron chi connectivity index (χ1n) is 14.8. The third kappa shape index (κ3) is 6.61. The van der Waals surface area contributed by atoms with Crippen molar-refractivity contribution in [1.82, 2.24) is 14.9 Å². The summed E-state index contributed by atoms with van der Waals surface area (Å²) in [6, 6.07) is 11.1. The predicted molar refractivity (Wildman–Crippen MR) is 167 cm³/mol. The number of sulfonamides is 1. The summed E-state index contributed by atoms with van der Waals surface area (Å²) in [7, 11) is -1.61. The van der Waals surface area contributed by atoms with Crippen LogP contribution in [0.15, 0.2) is 71.2 Å². The molecule has 2 aromatic carbocycles. The molecule has 4 heterocycles. The number of thiazole rings is 1. The van der Waals surface area contributed by atoms with Gasteiger partial charge >= 0.3 is 6.18 Å². The van der Waals surface area contributed by atoms with Gasteiger partial charge in [-0.25, -0.2) is 22.1 Å². The average Bonchev–Trinajstić information content (AvgIpc) is 3.61. The van der Waals surface area contributed by atoms with Crippen molar-refractivity contribution in [3.63, 3.8) is 0 Å². The highest BCUT2D eigenvalue weighted by atomic mass is 32.2. The van der Waals surface area contributed by atoms with E-state index in [-0.39, 0.29) is 43.4 Å². The van der Waals surface area contributed by atoms with E-state index in [1.165, 1.54) is 26.6 Å². The lowest BCUT2D eigenvalue weighted by atomic mass is 9.85. The number of likely N-dealkylation sites (tertiary alicyclic amines) is 1. The highest BCUT2D eigenvalue weighted by Gasteiger charge is 2.47. The van der Waals surface area contributed by atoms with Gasteiger partial charge in [-0.1, -0.05) is 6.07 Å². The number of halogens is 4. The molecule has 2 aromatic heterocycles. The SMILES string of the molecule is COc1ccc(CN(c2nccs2)S(=O)(=O)c2cc3c(cc2F)[C@@H](N2CC[C@@H](C(F)(F)F)C[C@H]2c2ccccn2)CCO3)c(OC)c1. The topological polar surface area (TPSA) is 94.1 Å². The monoisotopic (exact) mass is 692 g/mol. The van der Waals surface area contributed by atoms with Crippen molar-refractivity contribution in [1.29, 1.82) is 0 Å². The maximum Gasteiger partial charge on any atom is 0.391 e. The molecule has 2 aliphatic heterocycles. The number of aromatic nitrogens is 2. The third-order valence-corrected chi connectivity index (χ3v) is 11.3. The maximum atomic E-state index is 16.1. The highest BCUT2D eigenvalue weighted by molar-refractivity contribution is 7.93. The van der Waals surface area contributed by atoms with Gasteiger partial charge in [0.1, 0.15) is 28.0 Å². The first-order chi connectivity index (χ1) is 22.5. The lowest BCUT2D eigenvalue weighted by Gasteiger charge is -2.45. The predicted octanol–water partition coefficient (Wildman–Crippen LogP) is 6.93. The summed E-state index contributed by atoms with van der Waals surface area (Å²) in [6.07, 6.45) is -1.31. The summed E-state index contributed by atoms with van der Waals surface area (Å²) < 4.78 is 104. The molecule has 0 saturated carbocycles. The van der Waals surface area contributed by atoms with Crippen LogP contribution in [0.5, 0.6) is 17.2 Å². The number of pyridine rings is 1. The van der Waals surface area contributed by atoms with E-state index in [4.69, 9.17) is 14.2 Å². The molecule has 0 unspecified atom stereocenters. The molecule has 15 heteroatoms. The summed E-state index contributed by atoms with van der Waals surface area (Å²) in [5.74, 6) is -1.48. The van der Waals surface area contributed by atoms with Gasteiger partial charge in [-0.3, -0.25) is 9.88 Å². The molecule has 47 heavy (non-hydrogen) atoms. The first-order valence-corrected chi connectivity index (χ1v) is 17.2. The Morgan fingerprint density at radius 1 is 1.04 bits per heavy atom. The van der Waals surface area contributed by atoms with Gasteiger partial charge in [-0.05, 0) is 43.2 Å². The van der Waals surface area contributed by atoms with E-state index in [1.54, 1.807) is 41.8 Å². The van der Waals surface area contributed by atoms with Gasteiger partial charge in [0.05, 0.1) is 45.0 Å². The maximum absolute atomic E-state index is 16.1. The van der Waals surface area contributed by atoms with Crippen molar-refractivity contribution in [3.8, 4) is 17.2 Å². The van der Waals surface area contributed by atoms with E-state index >= 15 is 4.39 Å². The Kier molecular flexibility index (Phi) is 9.31. The number of rotatable bonds is 9. The number of nitrogens with zero attached hydrogens (tertiary/aromatic N) is 4. The minimum absolute atomic E-state index is 0.0959. The normalized spacial score (nSPS) is 20.3. The fourth-order valence-corrected chi connectivity index (χ4v) is 8.61. The summed E-state index contributed by atoms with van der Waals surface area (Å²) in [6.45, 7) is 0.0395. The molecule has 0 N–H and O–H groups in total. The van der Waals surface area contributed by atoms with Gasteiger partial charge in [0, 0.05) is 60.0 Å². The number of hydrogen-bond donors (Lipinski definition) is 0. The standard InChI is InChI=1S/C32H32F4N4O5S2/c1-43-22-7-6-20(28(16-22)44-2)19-40(31-38-11-14-46-31)47(41,42)30-18-29-23(17-24(30)33)26(9-13-45-29)39-12-8-21(32(34,35)36)15-27(39)25-5-3-4-10-37-25/h3-7,10-11,14,16-18,21,26-27H,8-9,12-13,15,19H2,1-2H3/t21-,26+,27+/m1/s1. The Balaban J connectivity index is 1.37. The fraction of sp³-hybridized carbons (Fsp3) is 0.375. The molecule has 3 atom stereocenters. The zero-order valence-electron chi connectivity index (χ0n) is 25.5. The molecular weight excluding hydrogens is 661 g/mol. The summed E-state index contributed by atoms with van der Waals surface area (Å²) in [5.41, 5.74) is 1.35. The van der Waals surface area contributed by atoms with Crippen molar-refractivity contribution >= 4 is 26.5 Å². The Hall–Kier alpha value is -3.95. The second-order valence-electron chi connectivity index (χ2n) is 11.2. The van der Waals surface area contributed by atoms with Crippen LogP contribution in [0, 0.1) is 11.7 Å².